The molecule has 2 aliphatic heterocycles. The Morgan fingerprint density at radius 2 is 1.98 bits per heavy atom. The molecule has 16 heteroatoms. The molecule has 4 aromatic rings. The Bertz CT molecular complexity index is 1920. The number of benzene rings is 2. The molecule has 0 unspecified atom stereocenters. The Balaban J connectivity index is 1.21. The van der Waals surface area contributed by atoms with Gasteiger partial charge in [-0.1, -0.05) is 17.7 Å². The minimum absolute atomic E-state index is 0.0185. The van der Waals surface area contributed by atoms with Crippen LogP contribution < -0.4 is 10.5 Å². The van der Waals surface area contributed by atoms with E-state index in [4.69, 9.17) is 33.7 Å². The highest BCUT2D eigenvalue weighted by molar-refractivity contribution is 7.23. The second-order valence-electron chi connectivity index (χ2n) is 11.6. The molecule has 0 saturated carbocycles. The third-order valence-corrected chi connectivity index (χ3v) is 10.1. The highest BCUT2D eigenvalue weighted by Gasteiger charge is 2.34. The predicted octanol–water partition coefficient (Wildman–Crippen LogP) is 5.92. The van der Waals surface area contributed by atoms with Gasteiger partial charge in [-0.3, -0.25) is 9.69 Å². The average Bonchev–Trinajstić information content (AvgIpc) is 3.63. The molecule has 246 valence electrons. The molecule has 0 atom stereocenters. The number of carbonyl (C=O) groups excluding carboxylic acids is 2. The fourth-order valence-corrected chi connectivity index (χ4v) is 7.69. The van der Waals surface area contributed by atoms with Crippen molar-refractivity contribution in [1.29, 1.82) is 5.26 Å². The van der Waals surface area contributed by atoms with E-state index in [9.17, 15) is 19.2 Å². The Morgan fingerprint density at radius 3 is 2.64 bits per heavy atom. The predicted molar refractivity (Wildman–Crippen MR) is 175 cm³/mol. The molecule has 47 heavy (non-hydrogen) atoms. The van der Waals surface area contributed by atoms with Crippen LogP contribution in [0.25, 0.3) is 21.2 Å². The Kier molecular flexibility index (Phi) is 9.26. The molecule has 6 rings (SSSR count). The number of ether oxygens (including phenoxy) is 1. The largest absolute Gasteiger partial charge is 0.489 e. The lowest BCUT2D eigenvalue weighted by molar-refractivity contribution is 0.0488. The average molecular weight is 704 g/mol. The van der Waals surface area contributed by atoms with Crippen LogP contribution in [0, 0.1) is 23.0 Å². The third-order valence-electron chi connectivity index (χ3n) is 8.45. The number of anilines is 1. The highest BCUT2D eigenvalue weighted by atomic mass is 35.5. The van der Waals surface area contributed by atoms with Crippen LogP contribution in [-0.2, 0) is 5.88 Å². The molecule has 2 aromatic heterocycles. The van der Waals surface area contributed by atoms with Crippen LogP contribution in [0.2, 0.25) is 5.02 Å². The van der Waals surface area contributed by atoms with Crippen molar-refractivity contribution in [2.45, 2.75) is 44.7 Å². The number of aromatic nitrogens is 3. The quantitative estimate of drug-likeness (QED) is 0.245. The van der Waals surface area contributed by atoms with Crippen LogP contribution in [0.5, 0.6) is 5.75 Å². The van der Waals surface area contributed by atoms with Gasteiger partial charge < -0.3 is 20.3 Å². The first kappa shape index (κ1) is 32.9. The van der Waals surface area contributed by atoms with Crippen LogP contribution in [0.1, 0.15) is 48.4 Å². The van der Waals surface area contributed by atoms with Crippen molar-refractivity contribution in [2.75, 3.05) is 38.6 Å². The standard InChI is InChI=1S/C31H30Cl2F2N8O3S/c1-16(2)43(31(45)42-14-38-23(12-32)39-42)17-5-7-40(8-6-17)15-41-9-10-46-27-19(30(41)44)11-22(35)25(26(27)33)18-3-4-21(34)28-24(18)20(13-36)29(37)47-28/h3-4,11,14,16-17H,5-10,12,15,37H2,1-2H3. The summed E-state index contributed by atoms with van der Waals surface area (Å²) in [4.78, 5) is 36.6. The van der Waals surface area contributed by atoms with Gasteiger partial charge in [0.25, 0.3) is 5.91 Å². The highest BCUT2D eigenvalue weighted by Crippen LogP contribution is 2.47. The number of thiophene rings is 1. The van der Waals surface area contributed by atoms with E-state index in [1.165, 1.54) is 17.1 Å². The van der Waals surface area contributed by atoms with E-state index < -0.39 is 17.5 Å². The van der Waals surface area contributed by atoms with Crippen molar-refractivity contribution >= 4 is 61.6 Å². The maximum Gasteiger partial charge on any atom is 0.346 e. The number of amides is 2. The Hall–Kier alpha value is -4.03. The first-order valence-corrected chi connectivity index (χ1v) is 16.6. The van der Waals surface area contributed by atoms with Crippen LogP contribution in [-0.4, -0.2) is 86.4 Å². The smallest absolute Gasteiger partial charge is 0.346 e. The number of nitrogens with zero attached hydrogens (tertiary/aromatic N) is 7. The molecule has 0 aliphatic carbocycles. The van der Waals surface area contributed by atoms with E-state index in [0.29, 0.717) is 31.8 Å². The summed E-state index contributed by atoms with van der Waals surface area (Å²) in [6, 6.07) is 5.15. The van der Waals surface area contributed by atoms with E-state index in [-0.39, 0.29) is 91.9 Å². The molecular formula is C31H30Cl2F2N8O3S. The molecule has 0 radical (unpaired) electrons. The number of rotatable bonds is 6. The van der Waals surface area contributed by atoms with Gasteiger partial charge in [-0.15, -0.1) is 28.0 Å². The van der Waals surface area contributed by atoms with Crippen molar-refractivity contribution < 1.29 is 23.1 Å². The van der Waals surface area contributed by atoms with Gasteiger partial charge >= 0.3 is 6.03 Å². The van der Waals surface area contributed by atoms with Crippen LogP contribution in [0.4, 0.5) is 18.6 Å². The van der Waals surface area contributed by atoms with Crippen molar-refractivity contribution in [3.63, 3.8) is 0 Å². The van der Waals surface area contributed by atoms with Crippen LogP contribution in [0.15, 0.2) is 24.5 Å². The molecule has 2 aromatic carbocycles. The summed E-state index contributed by atoms with van der Waals surface area (Å²) in [6.07, 6.45) is 2.71. The Labute approximate surface area is 283 Å². The van der Waals surface area contributed by atoms with E-state index in [0.717, 1.165) is 23.5 Å². The summed E-state index contributed by atoms with van der Waals surface area (Å²) in [7, 11) is 0. The summed E-state index contributed by atoms with van der Waals surface area (Å²) in [6.45, 7) is 5.72. The van der Waals surface area contributed by atoms with Gasteiger partial charge in [0.15, 0.2) is 11.6 Å². The lowest BCUT2D eigenvalue weighted by Gasteiger charge is -2.41. The van der Waals surface area contributed by atoms with E-state index in [1.54, 1.807) is 9.80 Å². The van der Waals surface area contributed by atoms with Crippen molar-refractivity contribution in [2.24, 2.45) is 0 Å². The van der Waals surface area contributed by atoms with Gasteiger partial charge in [0.2, 0.25) is 0 Å². The van der Waals surface area contributed by atoms with Crippen LogP contribution >= 0.6 is 34.5 Å². The number of carbonyl (C=O) groups is 2. The number of fused-ring (bicyclic) bond motifs is 2. The zero-order valence-corrected chi connectivity index (χ0v) is 27.8. The van der Waals surface area contributed by atoms with Crippen molar-refractivity contribution in [3.05, 3.63) is 58.1 Å². The normalized spacial score (nSPS) is 15.9. The number of likely N-dealkylation sites (tertiary alicyclic amines) is 1. The molecule has 2 aliphatic rings. The second kappa shape index (κ2) is 13.2. The van der Waals surface area contributed by atoms with E-state index >= 15 is 4.39 Å². The maximum absolute atomic E-state index is 15.9. The second-order valence-corrected chi connectivity index (χ2v) is 13.3. The fraction of sp³-hybridized carbons (Fsp3) is 0.387. The van der Waals surface area contributed by atoms with Gasteiger partial charge in [-0.25, -0.2) is 18.6 Å². The number of alkyl halides is 1. The number of hydrogen-bond acceptors (Lipinski definition) is 9. The van der Waals surface area contributed by atoms with Gasteiger partial charge in [0.1, 0.15) is 35.6 Å². The minimum Gasteiger partial charge on any atom is -0.489 e. The van der Waals surface area contributed by atoms with Gasteiger partial charge in [-0.05, 0) is 44.4 Å². The maximum atomic E-state index is 15.9. The summed E-state index contributed by atoms with van der Waals surface area (Å²) in [5.41, 5.74) is 6.03. The number of nitrogens with two attached hydrogens (primary N) is 1. The molecule has 1 fully saturated rings. The molecule has 1 saturated heterocycles. The summed E-state index contributed by atoms with van der Waals surface area (Å²) >= 11 is 13.4. The summed E-state index contributed by atoms with van der Waals surface area (Å²) in [5.74, 6) is -1.37. The molecule has 11 nitrogen and oxygen atoms in total. The summed E-state index contributed by atoms with van der Waals surface area (Å²) in [5, 5.41) is 14.0. The molecule has 2 N–H and O–H groups in total. The van der Waals surface area contributed by atoms with Gasteiger partial charge in [0.05, 0.1) is 39.9 Å². The Morgan fingerprint density at radius 1 is 1.23 bits per heavy atom. The van der Waals surface area contributed by atoms with Crippen molar-refractivity contribution in [3.8, 4) is 22.9 Å². The lowest BCUT2D eigenvalue weighted by Crippen LogP contribution is -2.53. The molecule has 0 bridgehead atoms. The van der Waals surface area contributed by atoms with Crippen molar-refractivity contribution in [1.82, 2.24) is 29.5 Å². The minimum atomic E-state index is -0.820. The number of nitriles is 1. The first-order valence-electron chi connectivity index (χ1n) is 14.9. The van der Waals surface area contributed by atoms with E-state index in [1.807, 2.05) is 19.9 Å². The molecule has 4 heterocycles. The van der Waals surface area contributed by atoms with Crippen LogP contribution in [0.3, 0.4) is 0 Å². The zero-order chi connectivity index (χ0) is 33.6. The van der Waals surface area contributed by atoms with Gasteiger partial charge in [-0.2, -0.15) is 9.94 Å². The van der Waals surface area contributed by atoms with E-state index in [2.05, 4.69) is 15.0 Å². The number of piperidine rings is 1. The van der Waals surface area contributed by atoms with Gasteiger partial charge in [0, 0.05) is 36.1 Å². The summed E-state index contributed by atoms with van der Waals surface area (Å²) < 4.78 is 37.8. The number of hydrogen-bond donors (Lipinski definition) is 1. The molecular weight excluding hydrogens is 673 g/mol. The topological polar surface area (TPSA) is 134 Å². The lowest BCUT2D eigenvalue weighted by atomic mass is 9.96. The SMILES string of the molecule is CC(C)N(C(=O)n1cnc(CCl)n1)C1CCN(CN2CCOc3c(cc(F)c(-c4ccc(F)c5sc(N)c(C#N)c45)c3Cl)C2=O)CC1. The molecule has 2 amide bonds. The molecule has 0 spiro atoms. The number of nitrogen functional groups attached to an aromatic ring is 1. The fourth-order valence-electron chi connectivity index (χ4n) is 6.27. The number of halogens is 4. The monoisotopic (exact) mass is 702 g/mol. The first-order chi connectivity index (χ1) is 22.5. The zero-order valence-electron chi connectivity index (χ0n) is 25.5. The third kappa shape index (κ3) is 5.97.